The minimum Gasteiger partial charge on any atom is -0.383 e. The summed E-state index contributed by atoms with van der Waals surface area (Å²) in [5.41, 5.74) is 4.00. The average molecular weight is 318 g/mol. The van der Waals surface area contributed by atoms with E-state index in [0.717, 1.165) is 37.9 Å². The van der Waals surface area contributed by atoms with Crippen LogP contribution in [0.2, 0.25) is 0 Å². The number of piperidine rings is 1. The maximum atomic E-state index is 11.7. The number of hydrogen-bond acceptors (Lipinski definition) is 2. The van der Waals surface area contributed by atoms with Gasteiger partial charge in [0.25, 0.3) is 0 Å². The number of rotatable bonds is 1. The van der Waals surface area contributed by atoms with Crippen molar-refractivity contribution >= 4 is 10.9 Å². The van der Waals surface area contributed by atoms with Crippen molar-refractivity contribution in [2.75, 3.05) is 13.1 Å². The highest BCUT2D eigenvalue weighted by Gasteiger charge is 2.48. The molecule has 0 amide bonds. The molecule has 2 aromatic carbocycles. The third kappa shape index (κ3) is 1.92. The van der Waals surface area contributed by atoms with Gasteiger partial charge in [0.1, 0.15) is 5.60 Å². The number of fused-ring (bicyclic) bond motifs is 5. The van der Waals surface area contributed by atoms with E-state index in [0.29, 0.717) is 0 Å². The predicted molar refractivity (Wildman–Crippen MR) is 95.9 cm³/mol. The summed E-state index contributed by atoms with van der Waals surface area (Å²) in [5.74, 6) is 0. The third-order valence-corrected chi connectivity index (χ3v) is 5.86. The second-order valence-electron chi connectivity index (χ2n) is 7.15. The summed E-state index contributed by atoms with van der Waals surface area (Å²) in [6, 6.07) is 18.8. The van der Waals surface area contributed by atoms with E-state index in [1.54, 1.807) is 0 Å². The fourth-order valence-corrected chi connectivity index (χ4v) is 4.79. The molecule has 0 bridgehead atoms. The second-order valence-corrected chi connectivity index (χ2v) is 7.15. The minimum absolute atomic E-state index is 0.0183. The van der Waals surface area contributed by atoms with Gasteiger partial charge in [-0.05, 0) is 43.0 Å². The molecule has 1 fully saturated rings. The summed E-state index contributed by atoms with van der Waals surface area (Å²) >= 11 is 0. The van der Waals surface area contributed by atoms with Crippen LogP contribution in [0.25, 0.3) is 10.9 Å². The monoisotopic (exact) mass is 318 g/mol. The molecule has 2 aliphatic rings. The van der Waals surface area contributed by atoms with E-state index in [2.05, 4.69) is 46.3 Å². The number of aliphatic hydroxyl groups is 1. The first kappa shape index (κ1) is 14.3. The van der Waals surface area contributed by atoms with E-state index in [-0.39, 0.29) is 6.04 Å². The van der Waals surface area contributed by atoms with Crippen LogP contribution in [0.1, 0.15) is 35.7 Å². The van der Waals surface area contributed by atoms with Crippen LogP contribution in [0.4, 0.5) is 0 Å². The molecule has 2 N–H and O–H groups in total. The highest BCUT2D eigenvalue weighted by atomic mass is 16.3. The number of para-hydroxylation sites is 1. The Morgan fingerprint density at radius 3 is 2.67 bits per heavy atom. The van der Waals surface area contributed by atoms with Gasteiger partial charge in [0.2, 0.25) is 0 Å². The van der Waals surface area contributed by atoms with Gasteiger partial charge in [-0.15, -0.1) is 0 Å². The smallest absolute Gasteiger partial charge is 0.111 e. The largest absolute Gasteiger partial charge is 0.383 e. The summed E-state index contributed by atoms with van der Waals surface area (Å²) in [6.07, 6.45) is 2.91. The Balaban J connectivity index is 1.72. The van der Waals surface area contributed by atoms with Crippen LogP contribution < -0.4 is 0 Å². The number of nitrogens with one attached hydrogen (secondary N) is 1. The Bertz CT molecular complexity index is 885. The van der Waals surface area contributed by atoms with Crippen molar-refractivity contribution in [1.29, 1.82) is 0 Å². The quantitative estimate of drug-likeness (QED) is 0.717. The summed E-state index contributed by atoms with van der Waals surface area (Å²) in [4.78, 5) is 6.11. The van der Waals surface area contributed by atoms with Gasteiger partial charge in [-0.3, -0.25) is 4.90 Å². The first-order valence-electron chi connectivity index (χ1n) is 8.89. The number of aromatic nitrogens is 1. The zero-order valence-corrected chi connectivity index (χ0v) is 13.7. The molecule has 0 spiro atoms. The fourth-order valence-electron chi connectivity index (χ4n) is 4.79. The molecule has 122 valence electrons. The molecule has 3 aromatic rings. The average Bonchev–Trinajstić information content (AvgIpc) is 3.01. The molecule has 2 unspecified atom stereocenters. The standard InChI is InChI=1S/C21H22N2O/c24-21(15-7-2-1-3-8-15)12-6-13-23-14-11-17-16-9-4-5-10-18(16)22-19(17)20(21)23/h1-5,7-10,20,22,24H,6,11-14H2. The van der Waals surface area contributed by atoms with Crippen LogP contribution in [0.5, 0.6) is 0 Å². The summed E-state index contributed by atoms with van der Waals surface area (Å²) in [5, 5.41) is 13.1. The van der Waals surface area contributed by atoms with E-state index in [4.69, 9.17) is 0 Å². The Morgan fingerprint density at radius 2 is 1.79 bits per heavy atom. The molecule has 24 heavy (non-hydrogen) atoms. The Kier molecular flexibility index (Phi) is 3.09. The van der Waals surface area contributed by atoms with Crippen LogP contribution in [-0.2, 0) is 12.0 Å². The van der Waals surface area contributed by atoms with Gasteiger partial charge in [0.15, 0.2) is 0 Å². The molecule has 3 nitrogen and oxygen atoms in total. The highest BCUT2D eigenvalue weighted by Crippen LogP contribution is 2.49. The van der Waals surface area contributed by atoms with E-state index in [1.807, 2.05) is 18.2 Å². The minimum atomic E-state index is -0.824. The molecule has 3 heteroatoms. The molecule has 5 rings (SSSR count). The lowest BCUT2D eigenvalue weighted by molar-refractivity contribution is -0.0942. The van der Waals surface area contributed by atoms with Gasteiger partial charge in [0.05, 0.1) is 6.04 Å². The van der Waals surface area contributed by atoms with E-state index < -0.39 is 5.60 Å². The second kappa shape index (κ2) is 5.20. The van der Waals surface area contributed by atoms with Crippen molar-refractivity contribution < 1.29 is 5.11 Å². The maximum absolute atomic E-state index is 11.7. The van der Waals surface area contributed by atoms with Crippen LogP contribution in [0, 0.1) is 0 Å². The molecule has 1 saturated heterocycles. The third-order valence-electron chi connectivity index (χ3n) is 5.86. The fraction of sp³-hybridized carbons (Fsp3) is 0.333. The van der Waals surface area contributed by atoms with Crippen LogP contribution >= 0.6 is 0 Å². The molecule has 0 radical (unpaired) electrons. The predicted octanol–water partition coefficient (Wildman–Crippen LogP) is 3.75. The first-order chi connectivity index (χ1) is 11.8. The van der Waals surface area contributed by atoms with Gasteiger partial charge in [-0.1, -0.05) is 48.5 Å². The Labute approximate surface area is 141 Å². The topological polar surface area (TPSA) is 39.3 Å². The van der Waals surface area contributed by atoms with Crippen LogP contribution in [-0.4, -0.2) is 28.1 Å². The summed E-state index contributed by atoms with van der Waals surface area (Å²) in [6.45, 7) is 2.09. The molecule has 0 aliphatic carbocycles. The lowest BCUT2D eigenvalue weighted by Crippen LogP contribution is -2.51. The lowest BCUT2D eigenvalue weighted by Gasteiger charge is -2.49. The maximum Gasteiger partial charge on any atom is 0.111 e. The van der Waals surface area contributed by atoms with Crippen LogP contribution in [0.3, 0.4) is 0 Å². The molecular formula is C21H22N2O. The van der Waals surface area contributed by atoms with Crippen molar-refractivity contribution in [3.63, 3.8) is 0 Å². The number of nitrogens with zero attached hydrogens (tertiary/aromatic N) is 1. The molecule has 1 aromatic heterocycles. The van der Waals surface area contributed by atoms with Crippen molar-refractivity contribution in [2.45, 2.75) is 30.9 Å². The number of aromatic amines is 1. The van der Waals surface area contributed by atoms with Gasteiger partial charge in [-0.2, -0.15) is 0 Å². The SMILES string of the molecule is OC1(c2ccccc2)CCCN2CCc3c([nH]c4ccccc34)C21. The molecular weight excluding hydrogens is 296 g/mol. The first-order valence-corrected chi connectivity index (χ1v) is 8.89. The van der Waals surface area contributed by atoms with Gasteiger partial charge < -0.3 is 10.1 Å². The Hall–Kier alpha value is -2.10. The van der Waals surface area contributed by atoms with E-state index in [9.17, 15) is 5.11 Å². The highest BCUT2D eigenvalue weighted by molar-refractivity contribution is 5.85. The molecule has 2 atom stereocenters. The zero-order chi connectivity index (χ0) is 16.1. The van der Waals surface area contributed by atoms with Crippen molar-refractivity contribution in [2.24, 2.45) is 0 Å². The normalized spacial score (nSPS) is 27.0. The van der Waals surface area contributed by atoms with Crippen LogP contribution in [0.15, 0.2) is 54.6 Å². The molecule has 3 heterocycles. The van der Waals surface area contributed by atoms with Crippen molar-refractivity contribution in [3.8, 4) is 0 Å². The summed E-state index contributed by atoms with van der Waals surface area (Å²) in [7, 11) is 0. The summed E-state index contributed by atoms with van der Waals surface area (Å²) < 4.78 is 0. The van der Waals surface area contributed by atoms with Gasteiger partial charge in [-0.25, -0.2) is 0 Å². The lowest BCUT2D eigenvalue weighted by atomic mass is 9.75. The number of benzene rings is 2. The van der Waals surface area contributed by atoms with Crippen molar-refractivity contribution in [1.82, 2.24) is 9.88 Å². The van der Waals surface area contributed by atoms with E-state index in [1.165, 1.54) is 22.2 Å². The molecule has 0 saturated carbocycles. The van der Waals surface area contributed by atoms with E-state index >= 15 is 0 Å². The number of H-pyrrole nitrogens is 1. The van der Waals surface area contributed by atoms with Gasteiger partial charge in [0, 0.05) is 23.1 Å². The Morgan fingerprint density at radius 1 is 1.00 bits per heavy atom. The zero-order valence-electron chi connectivity index (χ0n) is 13.7. The molecule has 2 aliphatic heterocycles. The number of hydrogen-bond donors (Lipinski definition) is 2. The van der Waals surface area contributed by atoms with Gasteiger partial charge >= 0.3 is 0 Å². The van der Waals surface area contributed by atoms with Crippen molar-refractivity contribution in [3.05, 3.63) is 71.4 Å².